The molecule has 3 nitrogen and oxygen atoms in total. The highest BCUT2D eigenvalue weighted by molar-refractivity contribution is 6.82. The van der Waals surface area contributed by atoms with Gasteiger partial charge >= 0.3 is 6.98 Å². The van der Waals surface area contributed by atoms with Crippen LogP contribution in [0.3, 0.4) is 0 Å². The Labute approximate surface area is 231 Å². The molecule has 0 fully saturated rings. The maximum atomic E-state index is 2.58. The summed E-state index contributed by atoms with van der Waals surface area (Å²) in [6, 6.07) is 49.1. The number of nitrogens with zero attached hydrogens (tertiary/aromatic N) is 3. The summed E-state index contributed by atoms with van der Waals surface area (Å²) in [6.07, 6.45) is 0. The van der Waals surface area contributed by atoms with Crippen molar-refractivity contribution in [3.8, 4) is 16.8 Å². The molecule has 0 N–H and O–H groups in total. The summed E-state index contributed by atoms with van der Waals surface area (Å²) in [5, 5.41) is 5.21. The van der Waals surface area contributed by atoms with Gasteiger partial charge in [-0.1, -0.05) is 91.0 Å². The third-order valence-corrected chi connectivity index (χ3v) is 9.05. The summed E-state index contributed by atoms with van der Waals surface area (Å²) < 4.78 is 4.99. The first kappa shape index (κ1) is 20.7. The standard InChI is InChI=1S/C36H22BN3/c1-2-11-23(12-3-1)38-31-18-8-5-15-26(31)29-22-35-28(21-34(29)38)24-13-4-7-17-30(24)37-39(35)33-20-10-16-27-25-14-6-9-19-32(25)40(37)36(27)33/h1-22H. The first-order valence-corrected chi connectivity index (χ1v) is 13.9. The molecule has 0 radical (unpaired) electrons. The average Bonchev–Trinajstić information content (AvgIpc) is 3.66. The normalized spacial score (nSPS) is 13.4. The van der Waals surface area contributed by atoms with Gasteiger partial charge in [0, 0.05) is 44.0 Å². The molecule has 40 heavy (non-hydrogen) atoms. The van der Waals surface area contributed by atoms with Crippen molar-refractivity contribution in [2.24, 2.45) is 0 Å². The lowest BCUT2D eigenvalue weighted by molar-refractivity contribution is 1.18. The Hall–Kier alpha value is -5.22. The van der Waals surface area contributed by atoms with Crippen LogP contribution >= 0.6 is 0 Å². The van der Waals surface area contributed by atoms with Crippen LogP contribution in [0.15, 0.2) is 133 Å². The number of para-hydroxylation sites is 4. The number of rotatable bonds is 1. The van der Waals surface area contributed by atoms with Crippen LogP contribution in [-0.4, -0.2) is 16.0 Å². The van der Waals surface area contributed by atoms with E-state index in [9.17, 15) is 0 Å². The summed E-state index contributed by atoms with van der Waals surface area (Å²) in [4.78, 5) is 2.58. The predicted molar refractivity (Wildman–Crippen MR) is 169 cm³/mol. The molecule has 4 heterocycles. The SMILES string of the molecule is c1ccc(-n2c3ccccc3c3cc4c(cc32)-c2ccccc2B2N4c3cccc4c5ccccc5n2c34)cc1. The molecular formula is C36H22BN3. The zero-order valence-electron chi connectivity index (χ0n) is 21.6. The summed E-state index contributed by atoms with van der Waals surface area (Å²) in [6.45, 7) is 0.0726. The highest BCUT2D eigenvalue weighted by atomic mass is 15.2. The molecule has 184 valence electrons. The largest absolute Gasteiger partial charge is 0.421 e. The zero-order valence-corrected chi connectivity index (χ0v) is 21.6. The van der Waals surface area contributed by atoms with Crippen LogP contribution in [0.1, 0.15) is 0 Å². The number of hydrogen-bond acceptors (Lipinski definition) is 1. The van der Waals surface area contributed by atoms with E-state index in [0.717, 1.165) is 0 Å². The van der Waals surface area contributed by atoms with Gasteiger partial charge in [-0.05, 0) is 53.5 Å². The monoisotopic (exact) mass is 507 g/mol. The van der Waals surface area contributed by atoms with E-state index >= 15 is 0 Å². The topological polar surface area (TPSA) is 13.1 Å². The maximum Gasteiger partial charge on any atom is 0.421 e. The van der Waals surface area contributed by atoms with Crippen LogP contribution in [-0.2, 0) is 0 Å². The Morgan fingerprint density at radius 3 is 2.02 bits per heavy atom. The molecular weight excluding hydrogens is 485 g/mol. The quantitative estimate of drug-likeness (QED) is 0.204. The Bertz CT molecular complexity index is 2340. The van der Waals surface area contributed by atoms with Crippen molar-refractivity contribution in [3.63, 3.8) is 0 Å². The molecule has 0 atom stereocenters. The zero-order chi connectivity index (χ0) is 25.9. The number of hydrogen-bond donors (Lipinski definition) is 0. The van der Waals surface area contributed by atoms with E-state index < -0.39 is 0 Å². The van der Waals surface area contributed by atoms with Gasteiger partial charge in [0.25, 0.3) is 0 Å². The van der Waals surface area contributed by atoms with Gasteiger partial charge in [0.15, 0.2) is 0 Å². The van der Waals surface area contributed by atoms with Gasteiger partial charge in [-0.3, -0.25) is 0 Å². The minimum Gasteiger partial charge on any atom is -0.359 e. The van der Waals surface area contributed by atoms with Crippen LogP contribution in [0.5, 0.6) is 0 Å². The van der Waals surface area contributed by atoms with Crippen LogP contribution in [0.2, 0.25) is 0 Å². The Kier molecular flexibility index (Phi) is 3.75. The lowest BCUT2D eigenvalue weighted by Crippen LogP contribution is -2.51. The second-order valence-corrected chi connectivity index (χ2v) is 11.0. The molecule has 8 aromatic rings. The van der Waals surface area contributed by atoms with E-state index in [1.807, 2.05) is 0 Å². The Morgan fingerprint density at radius 2 is 1.15 bits per heavy atom. The van der Waals surface area contributed by atoms with Crippen molar-refractivity contribution < 1.29 is 0 Å². The van der Waals surface area contributed by atoms with E-state index in [1.165, 1.54) is 77.3 Å². The molecule has 2 aliphatic rings. The number of anilines is 2. The fourth-order valence-electron chi connectivity index (χ4n) is 7.51. The van der Waals surface area contributed by atoms with Crippen molar-refractivity contribution >= 4 is 67.4 Å². The predicted octanol–water partition coefficient (Wildman–Crippen LogP) is 8.27. The Morgan fingerprint density at radius 1 is 0.450 bits per heavy atom. The molecule has 0 aliphatic carbocycles. The second kappa shape index (κ2) is 7.25. The first-order chi connectivity index (χ1) is 19.9. The first-order valence-electron chi connectivity index (χ1n) is 13.9. The molecule has 0 bridgehead atoms. The summed E-state index contributed by atoms with van der Waals surface area (Å²) in [7, 11) is 0. The van der Waals surface area contributed by atoms with Gasteiger partial charge in [0.1, 0.15) is 0 Å². The van der Waals surface area contributed by atoms with E-state index in [-0.39, 0.29) is 6.98 Å². The van der Waals surface area contributed by atoms with Gasteiger partial charge in [-0.15, -0.1) is 0 Å². The molecule has 2 aromatic heterocycles. The van der Waals surface area contributed by atoms with E-state index in [0.29, 0.717) is 0 Å². The average molecular weight is 507 g/mol. The third kappa shape index (κ3) is 2.39. The van der Waals surface area contributed by atoms with E-state index in [4.69, 9.17) is 0 Å². The van der Waals surface area contributed by atoms with Crippen LogP contribution in [0.4, 0.5) is 11.4 Å². The molecule has 0 amide bonds. The fourth-order valence-corrected chi connectivity index (χ4v) is 7.51. The van der Waals surface area contributed by atoms with Crippen molar-refractivity contribution in [2.75, 3.05) is 4.81 Å². The Balaban J connectivity index is 1.37. The summed E-state index contributed by atoms with van der Waals surface area (Å²) in [5.74, 6) is 0. The minimum atomic E-state index is 0.0726. The van der Waals surface area contributed by atoms with Crippen molar-refractivity contribution in [3.05, 3.63) is 133 Å². The fraction of sp³-hybridized carbons (Fsp3) is 0. The smallest absolute Gasteiger partial charge is 0.359 e. The molecule has 0 spiro atoms. The van der Waals surface area contributed by atoms with Gasteiger partial charge in [-0.2, -0.15) is 0 Å². The number of benzene rings is 6. The van der Waals surface area contributed by atoms with Gasteiger partial charge in [0.2, 0.25) is 0 Å². The maximum absolute atomic E-state index is 2.58. The van der Waals surface area contributed by atoms with Gasteiger partial charge < -0.3 is 13.9 Å². The van der Waals surface area contributed by atoms with Crippen molar-refractivity contribution in [1.82, 2.24) is 9.05 Å². The van der Waals surface area contributed by atoms with E-state index in [2.05, 4.69) is 147 Å². The lowest BCUT2D eigenvalue weighted by Gasteiger charge is -2.34. The lowest BCUT2D eigenvalue weighted by atomic mass is 9.60. The van der Waals surface area contributed by atoms with Crippen LogP contribution in [0, 0.1) is 0 Å². The van der Waals surface area contributed by atoms with Crippen LogP contribution < -0.4 is 10.3 Å². The molecule has 0 unspecified atom stereocenters. The van der Waals surface area contributed by atoms with Crippen molar-refractivity contribution in [1.29, 1.82) is 0 Å². The molecule has 4 heteroatoms. The highest BCUT2D eigenvalue weighted by Gasteiger charge is 2.45. The van der Waals surface area contributed by atoms with Gasteiger partial charge in [-0.25, -0.2) is 0 Å². The number of aromatic nitrogens is 2. The minimum absolute atomic E-state index is 0.0726. The summed E-state index contributed by atoms with van der Waals surface area (Å²) in [5.41, 5.74) is 12.8. The van der Waals surface area contributed by atoms with Gasteiger partial charge in [0.05, 0.1) is 22.2 Å². The van der Waals surface area contributed by atoms with Crippen LogP contribution in [0.25, 0.3) is 60.4 Å². The number of fused-ring (bicyclic) bond motifs is 14. The van der Waals surface area contributed by atoms with E-state index in [1.54, 1.807) is 0 Å². The molecule has 6 aromatic carbocycles. The molecule has 0 saturated carbocycles. The molecule has 0 saturated heterocycles. The third-order valence-electron chi connectivity index (χ3n) is 9.05. The summed E-state index contributed by atoms with van der Waals surface area (Å²) >= 11 is 0. The highest BCUT2D eigenvalue weighted by Crippen LogP contribution is 2.50. The second-order valence-electron chi connectivity index (χ2n) is 11.0. The van der Waals surface area contributed by atoms with Crippen molar-refractivity contribution in [2.45, 2.75) is 0 Å². The molecule has 10 rings (SSSR count). The molecule has 2 aliphatic heterocycles.